The molecular weight excluding hydrogens is 1740 g/mol. The fourth-order valence-corrected chi connectivity index (χ4v) is 22.0. The molecule has 142 heavy (non-hydrogen) atoms. The fraction of sp³-hybridized carbons (Fsp3) is 0.0945. The highest BCUT2D eigenvalue weighted by Crippen LogP contribution is 2.48. The molecular formula is C127H97N15. The maximum Gasteiger partial charge on any atom is 0.238 e. The Balaban J connectivity index is 0.000000112. The molecule has 1 atom stereocenters. The van der Waals surface area contributed by atoms with E-state index >= 15 is 0 Å². The third-order valence-electron chi connectivity index (χ3n) is 27.7. The van der Waals surface area contributed by atoms with E-state index in [2.05, 4.69) is 449 Å². The number of aromatic nitrogens is 15. The molecule has 0 N–H and O–H groups in total. The highest BCUT2D eigenvalue weighted by atomic mass is 15.2. The molecule has 1 aliphatic carbocycles. The lowest BCUT2D eigenvalue weighted by Gasteiger charge is -2.17. The number of aryl methyl sites for hydroxylation is 8. The minimum absolute atomic E-state index is 0.407. The molecule has 0 bridgehead atoms. The second-order valence-corrected chi connectivity index (χ2v) is 38.2. The molecule has 9 aromatic heterocycles. The number of para-hydroxylation sites is 7. The minimum Gasteiger partial charge on any atom is -0.307 e. The molecule has 17 aromatic carbocycles. The standard InChI is InChI=1S/C43H35N5.C43H33N5.C41H29N5/c2*1-26-20-27(2)23-30(22-26)41-44-42(31-24-28(3)21-29(4)25-31)46-43(45-41)48-38-17-11-9-15-34(38)36-19-18-35-33-14-8-10-16-37(33)47(39(35)40(36)48)32-12-6-5-7-13-32;1-26-18-22-35-33(24-26)31-20-21-32-34-25-27(2)19-23-36(34)46(38(32)37(31)45(35)30-16-10-5-11-17-30)41-43-39(28-12-6-3-7-13-28)42-40(44-41)29-14-8-4-9-15-29/h5-20,22-25,28H,21H2,1-4H3;5-25H,1-4H3;3-25H,1-2H3. The molecule has 9 heterocycles. The summed E-state index contributed by atoms with van der Waals surface area (Å²) < 4.78 is 14.0. The lowest BCUT2D eigenvalue weighted by atomic mass is 9.92. The van der Waals surface area contributed by atoms with Gasteiger partial charge in [0.05, 0.1) is 66.2 Å². The van der Waals surface area contributed by atoms with E-state index in [0.29, 0.717) is 58.7 Å². The molecule has 27 rings (SSSR count). The van der Waals surface area contributed by atoms with Gasteiger partial charge in [-0.2, -0.15) is 29.9 Å². The third kappa shape index (κ3) is 14.8. The summed E-state index contributed by atoms with van der Waals surface area (Å²) in [6.07, 6.45) is 5.58. The Kier molecular flexibility index (Phi) is 20.9. The summed E-state index contributed by atoms with van der Waals surface area (Å²) in [6, 6.07) is 133. The van der Waals surface area contributed by atoms with E-state index in [1.54, 1.807) is 0 Å². The van der Waals surface area contributed by atoms with E-state index in [0.717, 1.165) is 150 Å². The van der Waals surface area contributed by atoms with Gasteiger partial charge in [-0.05, 0) is 196 Å². The van der Waals surface area contributed by atoms with E-state index in [4.69, 9.17) is 44.9 Å². The molecule has 1 aliphatic rings. The van der Waals surface area contributed by atoms with Crippen molar-refractivity contribution in [2.75, 3.05) is 0 Å². The van der Waals surface area contributed by atoms with Gasteiger partial charge in [0, 0.05) is 115 Å². The SMILES string of the molecule is CC1=CC(c2nc(-c3cc(C)cc(C)c3)nc(-n3c4ccccc4c4ccc5c6ccccc6n(-c6ccccc6)c5c43)n2)=CC(C)C1.Cc1cc(C)cc(-c2nc(-c3cc(C)cc(C)c3)nc(-n3c4ccccc4c4ccc5c6ccccc6n(-c6ccccc6)c5c43)n2)c1.Cc1ccc2c(c1)c1ccc3c4cc(C)ccc4n(-c4nc(-c5ccccc5)nc(-c5ccccc5)n4)c3c1n2-c1ccccc1. The summed E-state index contributed by atoms with van der Waals surface area (Å²) >= 11 is 0. The van der Waals surface area contributed by atoms with Crippen LogP contribution in [0.3, 0.4) is 0 Å². The molecule has 0 spiro atoms. The van der Waals surface area contributed by atoms with Crippen molar-refractivity contribution in [3.8, 4) is 91.8 Å². The number of hydrogen-bond acceptors (Lipinski definition) is 9. The predicted octanol–water partition coefficient (Wildman–Crippen LogP) is 31.4. The number of nitrogens with zero attached hydrogens (tertiary/aromatic N) is 15. The molecule has 15 nitrogen and oxygen atoms in total. The second kappa shape index (κ2) is 34.6. The summed E-state index contributed by atoms with van der Waals surface area (Å²) in [7, 11) is 0. The van der Waals surface area contributed by atoms with Gasteiger partial charge in [0.1, 0.15) is 0 Å². The minimum atomic E-state index is 0.407. The smallest absolute Gasteiger partial charge is 0.238 e. The average Bonchev–Trinajstić information content (AvgIpc) is 1.55. The van der Waals surface area contributed by atoms with Crippen molar-refractivity contribution in [1.29, 1.82) is 0 Å². The van der Waals surface area contributed by atoms with Gasteiger partial charge in [0.25, 0.3) is 0 Å². The van der Waals surface area contributed by atoms with Crippen LogP contribution in [0.5, 0.6) is 0 Å². The summed E-state index contributed by atoms with van der Waals surface area (Å²) in [5.41, 5.74) is 33.3. The van der Waals surface area contributed by atoms with E-state index < -0.39 is 0 Å². The maximum atomic E-state index is 5.32. The Hall–Kier alpha value is -18.0. The molecule has 0 saturated carbocycles. The van der Waals surface area contributed by atoms with E-state index in [1.807, 2.05) is 36.4 Å². The first-order chi connectivity index (χ1) is 69.5. The Morgan fingerprint density at radius 3 is 0.761 bits per heavy atom. The molecule has 26 aromatic rings. The number of rotatable bonds is 12. The van der Waals surface area contributed by atoms with Crippen molar-refractivity contribution in [2.24, 2.45) is 5.92 Å². The zero-order valence-electron chi connectivity index (χ0n) is 80.4. The normalized spacial score (nSPS) is 12.8. The van der Waals surface area contributed by atoms with Gasteiger partial charge in [-0.3, -0.25) is 13.7 Å². The first-order valence-electron chi connectivity index (χ1n) is 48.6. The largest absolute Gasteiger partial charge is 0.307 e. The Bertz CT molecular complexity index is 9500. The zero-order valence-corrected chi connectivity index (χ0v) is 80.4. The van der Waals surface area contributed by atoms with Crippen molar-refractivity contribution >= 4 is 136 Å². The van der Waals surface area contributed by atoms with Gasteiger partial charge in [-0.15, -0.1) is 0 Å². The van der Waals surface area contributed by atoms with E-state index in [1.165, 1.54) is 87.8 Å². The highest BCUT2D eigenvalue weighted by Gasteiger charge is 2.30. The van der Waals surface area contributed by atoms with Crippen LogP contribution < -0.4 is 0 Å². The summed E-state index contributed by atoms with van der Waals surface area (Å²) in [5, 5.41) is 14.2. The van der Waals surface area contributed by atoms with Gasteiger partial charge in [-0.25, -0.2) is 15.0 Å². The first kappa shape index (κ1) is 85.7. The van der Waals surface area contributed by atoms with Crippen LogP contribution in [0.4, 0.5) is 0 Å². The summed E-state index contributed by atoms with van der Waals surface area (Å²) in [4.78, 5) is 46.9. The number of benzene rings is 17. The molecule has 680 valence electrons. The van der Waals surface area contributed by atoms with Crippen LogP contribution in [-0.2, 0) is 0 Å². The maximum absolute atomic E-state index is 5.32. The molecule has 0 saturated heterocycles. The third-order valence-corrected chi connectivity index (χ3v) is 27.7. The van der Waals surface area contributed by atoms with Crippen molar-refractivity contribution < 1.29 is 0 Å². The highest BCUT2D eigenvalue weighted by molar-refractivity contribution is 6.27. The second-order valence-electron chi connectivity index (χ2n) is 38.2. The van der Waals surface area contributed by atoms with Crippen LogP contribution in [-0.4, -0.2) is 72.3 Å². The van der Waals surface area contributed by atoms with Crippen LogP contribution in [0, 0.1) is 61.3 Å². The predicted molar refractivity (Wildman–Crippen MR) is 586 cm³/mol. The van der Waals surface area contributed by atoms with E-state index in [9.17, 15) is 0 Å². The summed E-state index contributed by atoms with van der Waals surface area (Å²) in [5.74, 6) is 6.16. The monoisotopic (exact) mass is 1830 g/mol. The quantitative estimate of drug-likeness (QED) is 0.117. The lowest BCUT2D eigenvalue weighted by molar-refractivity contribution is 0.709. The molecule has 0 radical (unpaired) electrons. The van der Waals surface area contributed by atoms with Crippen molar-refractivity contribution in [1.82, 2.24) is 72.3 Å². The lowest BCUT2D eigenvalue weighted by Crippen LogP contribution is -2.10. The van der Waals surface area contributed by atoms with Crippen molar-refractivity contribution in [2.45, 2.75) is 75.7 Å². The van der Waals surface area contributed by atoms with Gasteiger partial charge in [0.15, 0.2) is 34.9 Å². The van der Waals surface area contributed by atoms with Crippen LogP contribution in [0.2, 0.25) is 0 Å². The topological polar surface area (TPSA) is 146 Å². The van der Waals surface area contributed by atoms with Crippen LogP contribution >= 0.6 is 0 Å². The molecule has 0 fully saturated rings. The Labute approximate surface area is 820 Å². The zero-order chi connectivity index (χ0) is 95.8. The Morgan fingerprint density at radius 2 is 0.444 bits per heavy atom. The van der Waals surface area contributed by atoms with E-state index in [-0.39, 0.29) is 0 Å². The van der Waals surface area contributed by atoms with Gasteiger partial charge in [-0.1, -0.05) is 324 Å². The van der Waals surface area contributed by atoms with Crippen LogP contribution in [0.1, 0.15) is 70.6 Å². The fourth-order valence-electron chi connectivity index (χ4n) is 22.0. The number of allylic oxidation sites excluding steroid dienone is 4. The Morgan fingerprint density at radius 1 is 0.197 bits per heavy atom. The van der Waals surface area contributed by atoms with Crippen LogP contribution in [0.15, 0.2) is 394 Å². The number of hydrogen-bond donors (Lipinski definition) is 0. The van der Waals surface area contributed by atoms with Gasteiger partial charge >= 0.3 is 0 Å². The molecule has 0 aliphatic heterocycles. The molecule has 15 heteroatoms. The first-order valence-corrected chi connectivity index (χ1v) is 48.6. The van der Waals surface area contributed by atoms with Crippen molar-refractivity contribution in [3.63, 3.8) is 0 Å². The molecule has 1 unspecified atom stereocenters. The van der Waals surface area contributed by atoms with Gasteiger partial charge < -0.3 is 13.7 Å². The molecule has 0 amide bonds. The van der Waals surface area contributed by atoms with Crippen LogP contribution in [0.25, 0.3) is 228 Å². The summed E-state index contributed by atoms with van der Waals surface area (Å²) in [6.45, 7) is 21.5. The number of fused-ring (bicyclic) bond motifs is 21. The van der Waals surface area contributed by atoms with Crippen molar-refractivity contribution in [3.05, 3.63) is 444 Å². The average molecular weight is 1830 g/mol. The van der Waals surface area contributed by atoms with Gasteiger partial charge in [0.2, 0.25) is 17.8 Å².